The van der Waals surface area contributed by atoms with Crippen molar-refractivity contribution in [3.8, 4) is 0 Å². The molecule has 0 aliphatic carbocycles. The highest BCUT2D eigenvalue weighted by Gasteiger charge is 2.59. The van der Waals surface area contributed by atoms with E-state index in [1.807, 2.05) is 0 Å². The van der Waals surface area contributed by atoms with Crippen LogP contribution in [0.25, 0.3) is 0 Å². The van der Waals surface area contributed by atoms with Crippen LogP contribution in [0.5, 0.6) is 0 Å². The minimum Gasteiger partial charge on any atom is -0.463 e. The fourth-order valence-electron chi connectivity index (χ4n) is 4.60. The summed E-state index contributed by atoms with van der Waals surface area (Å²) in [5, 5.41) is 0. The molecule has 16 nitrogen and oxygen atoms in total. The van der Waals surface area contributed by atoms with E-state index in [1.165, 1.54) is 0 Å². The van der Waals surface area contributed by atoms with Gasteiger partial charge in [0, 0.05) is 41.5 Å². The van der Waals surface area contributed by atoms with Crippen molar-refractivity contribution in [2.24, 2.45) is 0 Å². The van der Waals surface area contributed by atoms with Crippen LogP contribution in [-0.2, 0) is 76.1 Å². The van der Waals surface area contributed by atoms with Gasteiger partial charge in [-0.25, -0.2) is 0 Å². The largest absolute Gasteiger partial charge is 0.463 e. The zero-order valence-electron chi connectivity index (χ0n) is 22.7. The summed E-state index contributed by atoms with van der Waals surface area (Å²) in [6.45, 7) is 6.12. The van der Waals surface area contributed by atoms with Gasteiger partial charge in [-0.05, 0) is 0 Å². The molecule has 0 amide bonds. The standard InChI is InChI=1S/C24H32O16/c1-9(25)31-7-15-17(33-10(2)26)19(34-11(3)27)22(37-14(6)30)24(39-15)40-18-16-8-32-23(38-16)21(36-13(5)29)20(18)35-12(4)28/h15-24H,7-8H2,1-6H3/t15-,16-,17+,18?,19+,20+,21-,22-,23-,24+/m1/s1. The fraction of sp³-hybridized carbons (Fsp3) is 0.750. The Balaban J connectivity index is 2.02. The molecule has 0 aromatic heterocycles. The first-order valence-electron chi connectivity index (χ1n) is 12.3. The van der Waals surface area contributed by atoms with Gasteiger partial charge < -0.3 is 47.4 Å². The summed E-state index contributed by atoms with van der Waals surface area (Å²) in [4.78, 5) is 71.4. The van der Waals surface area contributed by atoms with Crippen LogP contribution in [0.3, 0.4) is 0 Å². The Hall–Kier alpha value is -3.34. The Labute approximate surface area is 228 Å². The lowest BCUT2D eigenvalue weighted by Gasteiger charge is -2.46. The van der Waals surface area contributed by atoms with Gasteiger partial charge in [-0.2, -0.15) is 0 Å². The number of hydrogen-bond donors (Lipinski definition) is 0. The minimum absolute atomic E-state index is 0.0594. The van der Waals surface area contributed by atoms with Crippen LogP contribution in [0.15, 0.2) is 0 Å². The third kappa shape index (κ3) is 7.87. The van der Waals surface area contributed by atoms with Crippen LogP contribution in [-0.4, -0.2) is 110 Å². The van der Waals surface area contributed by atoms with Crippen molar-refractivity contribution in [2.75, 3.05) is 13.2 Å². The smallest absolute Gasteiger partial charge is 0.303 e. The molecule has 1 unspecified atom stereocenters. The Bertz CT molecular complexity index is 995. The number of carbonyl (C=O) groups is 6. The van der Waals surface area contributed by atoms with Crippen LogP contribution in [0.4, 0.5) is 0 Å². The molecule has 0 aromatic rings. The van der Waals surface area contributed by atoms with E-state index < -0.39 is 104 Å². The van der Waals surface area contributed by atoms with Gasteiger partial charge >= 0.3 is 35.8 Å². The van der Waals surface area contributed by atoms with E-state index in [-0.39, 0.29) is 6.61 Å². The molecule has 3 saturated heterocycles. The van der Waals surface area contributed by atoms with Crippen LogP contribution in [0, 0.1) is 0 Å². The molecule has 0 spiro atoms. The maximum Gasteiger partial charge on any atom is 0.303 e. The average Bonchev–Trinajstić information content (AvgIpc) is 3.26. The number of rotatable bonds is 9. The molecule has 3 heterocycles. The SMILES string of the molecule is CC(=O)OC[C@H]1O[C@@H](OC2[C@H]3CO[C@H](O3)[C@H](OC(C)=O)[C@H]2OC(C)=O)[C@H](OC(C)=O)[C@@H](OC(C)=O)[C@H]1OC(C)=O. The lowest BCUT2D eigenvalue weighted by molar-refractivity contribution is -0.340. The van der Waals surface area contributed by atoms with Gasteiger partial charge in [0.05, 0.1) is 6.61 Å². The summed E-state index contributed by atoms with van der Waals surface area (Å²) >= 11 is 0. The molecular formula is C24H32O16. The zero-order chi connectivity index (χ0) is 29.7. The van der Waals surface area contributed by atoms with Gasteiger partial charge in [-0.3, -0.25) is 28.8 Å². The number of fused-ring (bicyclic) bond motifs is 2. The first-order valence-corrected chi connectivity index (χ1v) is 12.3. The fourth-order valence-corrected chi connectivity index (χ4v) is 4.60. The molecule has 3 fully saturated rings. The van der Waals surface area contributed by atoms with Gasteiger partial charge in [0.15, 0.2) is 43.1 Å². The molecule has 10 atom stereocenters. The van der Waals surface area contributed by atoms with Crippen LogP contribution in [0.1, 0.15) is 41.5 Å². The van der Waals surface area contributed by atoms with Crippen molar-refractivity contribution in [1.82, 2.24) is 0 Å². The molecule has 40 heavy (non-hydrogen) atoms. The second-order valence-electron chi connectivity index (χ2n) is 9.19. The highest BCUT2D eigenvalue weighted by molar-refractivity contribution is 5.69. The number of esters is 6. The normalized spacial score (nSPS) is 34.6. The summed E-state index contributed by atoms with van der Waals surface area (Å²) < 4.78 is 55.4. The number of hydrogen-bond acceptors (Lipinski definition) is 16. The molecular weight excluding hydrogens is 544 g/mol. The van der Waals surface area contributed by atoms with Crippen LogP contribution < -0.4 is 0 Å². The summed E-state index contributed by atoms with van der Waals surface area (Å²) in [6, 6.07) is 0. The van der Waals surface area contributed by atoms with Crippen molar-refractivity contribution in [3.63, 3.8) is 0 Å². The topological polar surface area (TPSA) is 195 Å². The lowest BCUT2D eigenvalue weighted by Crippen LogP contribution is -2.65. The van der Waals surface area contributed by atoms with E-state index >= 15 is 0 Å². The number of ether oxygens (including phenoxy) is 10. The minimum atomic E-state index is -1.59. The third-order valence-corrected chi connectivity index (χ3v) is 5.86. The van der Waals surface area contributed by atoms with Crippen molar-refractivity contribution in [3.05, 3.63) is 0 Å². The predicted octanol–water partition coefficient (Wildman–Crippen LogP) is -0.927. The number of carbonyl (C=O) groups excluding carboxylic acids is 6. The van der Waals surface area contributed by atoms with Crippen molar-refractivity contribution in [1.29, 1.82) is 0 Å². The molecule has 0 aromatic carbocycles. The van der Waals surface area contributed by atoms with Crippen molar-refractivity contribution in [2.45, 2.75) is 103 Å². The Morgan fingerprint density at radius 1 is 0.575 bits per heavy atom. The molecule has 224 valence electrons. The Morgan fingerprint density at radius 2 is 1.05 bits per heavy atom. The quantitative estimate of drug-likeness (QED) is 0.241. The predicted molar refractivity (Wildman–Crippen MR) is 123 cm³/mol. The van der Waals surface area contributed by atoms with Crippen LogP contribution >= 0.6 is 0 Å². The molecule has 0 radical (unpaired) electrons. The van der Waals surface area contributed by atoms with E-state index in [2.05, 4.69) is 0 Å². The Kier molecular flexibility index (Phi) is 10.4. The van der Waals surface area contributed by atoms with Gasteiger partial charge in [-0.15, -0.1) is 0 Å². The van der Waals surface area contributed by atoms with E-state index in [9.17, 15) is 28.8 Å². The van der Waals surface area contributed by atoms with Crippen LogP contribution in [0.2, 0.25) is 0 Å². The van der Waals surface area contributed by atoms with E-state index in [1.54, 1.807) is 0 Å². The zero-order valence-corrected chi connectivity index (χ0v) is 22.7. The average molecular weight is 577 g/mol. The second-order valence-corrected chi connectivity index (χ2v) is 9.19. The maximum atomic E-state index is 12.1. The molecule has 2 bridgehead atoms. The molecule has 3 aliphatic heterocycles. The van der Waals surface area contributed by atoms with Gasteiger partial charge in [0.2, 0.25) is 0 Å². The lowest BCUT2D eigenvalue weighted by atomic mass is 9.96. The van der Waals surface area contributed by atoms with Gasteiger partial charge in [0.1, 0.15) is 24.9 Å². The first kappa shape index (κ1) is 31.2. The molecule has 16 heteroatoms. The maximum absolute atomic E-state index is 12.1. The van der Waals surface area contributed by atoms with E-state index in [0.29, 0.717) is 0 Å². The van der Waals surface area contributed by atoms with Gasteiger partial charge in [-0.1, -0.05) is 0 Å². The molecule has 0 saturated carbocycles. The highest BCUT2D eigenvalue weighted by atomic mass is 16.8. The Morgan fingerprint density at radius 3 is 1.57 bits per heavy atom. The third-order valence-electron chi connectivity index (χ3n) is 5.86. The van der Waals surface area contributed by atoms with E-state index in [0.717, 1.165) is 41.5 Å². The molecule has 3 rings (SSSR count). The van der Waals surface area contributed by atoms with E-state index in [4.69, 9.17) is 47.4 Å². The first-order chi connectivity index (χ1) is 18.8. The highest BCUT2D eigenvalue weighted by Crippen LogP contribution is 2.37. The second kappa shape index (κ2) is 13.3. The summed E-state index contributed by atoms with van der Waals surface area (Å²) in [7, 11) is 0. The van der Waals surface area contributed by atoms with Gasteiger partial charge in [0.25, 0.3) is 0 Å². The van der Waals surface area contributed by atoms with Crippen molar-refractivity contribution < 1.29 is 76.1 Å². The summed E-state index contributed by atoms with van der Waals surface area (Å²) in [5.41, 5.74) is 0. The molecule has 0 N–H and O–H groups in total. The summed E-state index contributed by atoms with van der Waals surface area (Å²) in [6.07, 6.45) is -13.0. The molecule has 3 aliphatic rings. The van der Waals surface area contributed by atoms with Crippen molar-refractivity contribution >= 4 is 35.8 Å². The summed E-state index contributed by atoms with van der Waals surface area (Å²) in [5.74, 6) is -4.61. The monoisotopic (exact) mass is 576 g/mol.